The first-order valence-electron chi connectivity index (χ1n) is 14.2. The molecule has 0 fully saturated rings. The zero-order chi connectivity index (χ0) is 30.6. The van der Waals surface area contributed by atoms with Gasteiger partial charge in [-0.3, -0.25) is 14.5 Å². The molecule has 222 valence electrons. The number of aromatic nitrogens is 2. The molecular weight excluding hydrogens is 575 g/mol. The van der Waals surface area contributed by atoms with E-state index in [4.69, 9.17) is 9.84 Å². The quantitative estimate of drug-likeness (QED) is 0.219. The highest BCUT2D eigenvalue weighted by molar-refractivity contribution is 8.00. The van der Waals surface area contributed by atoms with E-state index in [0.717, 1.165) is 39.2 Å². The molecule has 5 aromatic rings. The third-order valence-electron chi connectivity index (χ3n) is 7.50. The van der Waals surface area contributed by atoms with Crippen molar-refractivity contribution < 1.29 is 18.7 Å². The Labute approximate surface area is 259 Å². The van der Waals surface area contributed by atoms with Gasteiger partial charge in [0, 0.05) is 17.7 Å². The van der Waals surface area contributed by atoms with Gasteiger partial charge in [0.15, 0.2) is 0 Å². The highest BCUT2D eigenvalue weighted by atomic mass is 32.2. The monoisotopic (exact) mass is 606 g/mol. The van der Waals surface area contributed by atoms with Crippen molar-refractivity contribution in [3.05, 3.63) is 131 Å². The average Bonchev–Trinajstić information content (AvgIpc) is 3.37. The largest absolute Gasteiger partial charge is 0.497 e. The van der Waals surface area contributed by atoms with Gasteiger partial charge in [-0.05, 0) is 54.4 Å². The molecule has 0 aliphatic carbocycles. The molecule has 0 radical (unpaired) electrons. The lowest BCUT2D eigenvalue weighted by atomic mass is 9.98. The number of carbonyl (C=O) groups excluding carboxylic acids is 2. The van der Waals surface area contributed by atoms with Crippen LogP contribution in [-0.2, 0) is 16.1 Å². The summed E-state index contributed by atoms with van der Waals surface area (Å²) in [7, 11) is 1.61. The van der Waals surface area contributed by atoms with Crippen molar-refractivity contribution in [3.8, 4) is 22.7 Å². The Kier molecular flexibility index (Phi) is 8.47. The Balaban J connectivity index is 1.50. The Morgan fingerprint density at radius 1 is 1.00 bits per heavy atom. The van der Waals surface area contributed by atoms with Gasteiger partial charge in [-0.25, -0.2) is 9.07 Å². The molecule has 44 heavy (non-hydrogen) atoms. The molecular formula is C35H31FN4O3S. The summed E-state index contributed by atoms with van der Waals surface area (Å²) in [4.78, 5) is 28.9. The summed E-state index contributed by atoms with van der Waals surface area (Å²) >= 11 is 1.53. The molecule has 7 nitrogen and oxygen atoms in total. The lowest BCUT2D eigenvalue weighted by Crippen LogP contribution is -2.42. The van der Waals surface area contributed by atoms with Crippen LogP contribution in [-0.4, -0.2) is 41.0 Å². The second-order valence-corrected chi connectivity index (χ2v) is 11.6. The molecule has 0 bridgehead atoms. The number of nitrogens with one attached hydrogen (secondary N) is 1. The Morgan fingerprint density at radius 3 is 2.45 bits per heavy atom. The van der Waals surface area contributed by atoms with E-state index in [0.29, 0.717) is 11.6 Å². The van der Waals surface area contributed by atoms with Crippen LogP contribution in [0.4, 0.5) is 10.2 Å². The third-order valence-corrected chi connectivity index (χ3v) is 8.76. The number of nitrogens with zero attached hydrogens (tertiary/aromatic N) is 3. The topological polar surface area (TPSA) is 76.5 Å². The number of aryl methyl sites for hydroxylation is 1. The van der Waals surface area contributed by atoms with Gasteiger partial charge in [0.05, 0.1) is 29.5 Å². The van der Waals surface area contributed by atoms with Crippen LogP contribution in [0.2, 0.25) is 0 Å². The van der Waals surface area contributed by atoms with E-state index in [1.54, 1.807) is 28.8 Å². The van der Waals surface area contributed by atoms with E-state index in [1.165, 1.54) is 23.9 Å². The van der Waals surface area contributed by atoms with Crippen molar-refractivity contribution in [2.45, 2.75) is 18.7 Å². The van der Waals surface area contributed by atoms with E-state index in [2.05, 4.69) is 17.4 Å². The number of halogens is 1. The van der Waals surface area contributed by atoms with Crippen molar-refractivity contribution in [2.24, 2.45) is 0 Å². The Hall–Kier alpha value is -4.89. The molecule has 9 heteroatoms. The predicted molar refractivity (Wildman–Crippen MR) is 172 cm³/mol. The fourth-order valence-electron chi connectivity index (χ4n) is 5.33. The summed E-state index contributed by atoms with van der Waals surface area (Å²) in [5.41, 5.74) is 6.15. The molecule has 1 atom stereocenters. The summed E-state index contributed by atoms with van der Waals surface area (Å²) in [5.74, 6) is 0.539. The minimum absolute atomic E-state index is 0.176. The van der Waals surface area contributed by atoms with Gasteiger partial charge in [0.2, 0.25) is 11.8 Å². The number of hydrogen-bond donors (Lipinski definition) is 1. The number of amides is 2. The number of benzene rings is 4. The smallest absolute Gasteiger partial charge is 0.240 e. The van der Waals surface area contributed by atoms with Gasteiger partial charge < -0.3 is 10.1 Å². The van der Waals surface area contributed by atoms with Crippen molar-refractivity contribution >= 4 is 29.4 Å². The first kappa shape index (κ1) is 29.2. The molecule has 0 spiro atoms. The first-order chi connectivity index (χ1) is 21.4. The van der Waals surface area contributed by atoms with Crippen molar-refractivity contribution in [3.63, 3.8) is 0 Å². The number of rotatable bonds is 8. The zero-order valence-electron chi connectivity index (χ0n) is 24.4. The van der Waals surface area contributed by atoms with Crippen LogP contribution >= 0.6 is 11.8 Å². The van der Waals surface area contributed by atoms with Crippen LogP contribution in [0.3, 0.4) is 0 Å². The molecule has 2 amide bonds. The minimum atomic E-state index is -0.343. The van der Waals surface area contributed by atoms with Crippen LogP contribution in [0.5, 0.6) is 5.75 Å². The van der Waals surface area contributed by atoms with E-state index in [1.807, 2.05) is 73.7 Å². The van der Waals surface area contributed by atoms with Gasteiger partial charge in [0.1, 0.15) is 23.9 Å². The molecule has 1 N–H and O–H groups in total. The second-order valence-electron chi connectivity index (χ2n) is 10.6. The molecule has 2 heterocycles. The normalized spacial score (nSPS) is 14.6. The summed E-state index contributed by atoms with van der Waals surface area (Å²) in [6.45, 7) is 2.06. The van der Waals surface area contributed by atoms with E-state index < -0.39 is 0 Å². The minimum Gasteiger partial charge on any atom is -0.497 e. The number of thioether (sulfide) groups is 1. The number of hydrogen-bond acceptors (Lipinski definition) is 5. The van der Waals surface area contributed by atoms with E-state index in [9.17, 15) is 14.0 Å². The summed E-state index contributed by atoms with van der Waals surface area (Å²) < 4.78 is 20.5. The number of methoxy groups -OCH3 is 1. The third kappa shape index (κ3) is 6.09. The number of ether oxygens (including phenoxy) is 1. The van der Waals surface area contributed by atoms with Gasteiger partial charge in [-0.1, -0.05) is 72.3 Å². The Bertz CT molecular complexity index is 1790. The standard InChI is InChI=1S/C35H31FN4O3S/c1-23-7-6-10-26(19-23)34-32-33(25-8-4-3-5-9-25)38-40(28-15-17-29(43-2)18-16-28)35(32)39(31(42)22-44-34)21-30(41)37-20-24-11-13-27(36)14-12-24/h3-19,34H,20-22H2,1-2H3,(H,37,41). The zero-order valence-corrected chi connectivity index (χ0v) is 25.2. The maximum Gasteiger partial charge on any atom is 0.240 e. The van der Waals surface area contributed by atoms with Crippen LogP contribution in [0.1, 0.15) is 27.5 Å². The van der Waals surface area contributed by atoms with Gasteiger partial charge in [0.25, 0.3) is 0 Å². The predicted octanol–water partition coefficient (Wildman–Crippen LogP) is 6.48. The van der Waals surface area contributed by atoms with Crippen molar-refractivity contribution in [2.75, 3.05) is 24.3 Å². The molecule has 1 unspecified atom stereocenters. The molecule has 0 saturated carbocycles. The lowest BCUT2D eigenvalue weighted by Gasteiger charge is -2.23. The highest BCUT2D eigenvalue weighted by Gasteiger charge is 2.37. The summed E-state index contributed by atoms with van der Waals surface area (Å²) in [5, 5.41) is 7.80. The fraction of sp³-hybridized carbons (Fsp3) is 0.171. The average molecular weight is 607 g/mol. The molecule has 4 aromatic carbocycles. The van der Waals surface area contributed by atoms with E-state index >= 15 is 0 Å². The second kappa shape index (κ2) is 12.8. The van der Waals surface area contributed by atoms with Crippen molar-refractivity contribution in [1.82, 2.24) is 15.1 Å². The van der Waals surface area contributed by atoms with Crippen LogP contribution in [0.25, 0.3) is 16.9 Å². The van der Waals surface area contributed by atoms with Crippen molar-refractivity contribution in [1.29, 1.82) is 0 Å². The van der Waals surface area contributed by atoms with Gasteiger partial charge in [-0.15, -0.1) is 11.8 Å². The lowest BCUT2D eigenvalue weighted by molar-refractivity contribution is -0.123. The van der Waals surface area contributed by atoms with E-state index in [-0.39, 0.29) is 41.7 Å². The number of anilines is 1. The summed E-state index contributed by atoms with van der Waals surface area (Å²) in [6.07, 6.45) is 0. The van der Waals surface area contributed by atoms with Crippen LogP contribution in [0, 0.1) is 12.7 Å². The molecule has 1 aliphatic rings. The summed E-state index contributed by atoms with van der Waals surface area (Å²) in [6, 6.07) is 31.6. The molecule has 1 aromatic heterocycles. The molecule has 1 aliphatic heterocycles. The maximum absolute atomic E-state index is 13.9. The van der Waals surface area contributed by atoms with Gasteiger partial charge in [-0.2, -0.15) is 5.10 Å². The fourth-order valence-corrected chi connectivity index (χ4v) is 6.52. The first-order valence-corrected chi connectivity index (χ1v) is 15.3. The van der Waals surface area contributed by atoms with Crippen LogP contribution in [0.15, 0.2) is 103 Å². The molecule has 0 saturated heterocycles. The number of fused-ring (bicyclic) bond motifs is 1. The highest BCUT2D eigenvalue weighted by Crippen LogP contribution is 2.48. The van der Waals surface area contributed by atoms with Gasteiger partial charge >= 0.3 is 0 Å². The molecule has 6 rings (SSSR count). The SMILES string of the molecule is COc1ccc(-n2nc(-c3ccccc3)c3c2N(CC(=O)NCc2ccc(F)cc2)C(=O)CSC3c2cccc(C)c2)cc1. The number of carbonyl (C=O) groups is 2. The maximum atomic E-state index is 13.9. The van der Waals surface area contributed by atoms with Crippen LogP contribution < -0.4 is 15.0 Å². The Morgan fingerprint density at radius 2 is 1.75 bits per heavy atom.